The summed E-state index contributed by atoms with van der Waals surface area (Å²) in [6.07, 6.45) is -1.70. The number of hydrogen-bond donors (Lipinski definition) is 1. The lowest BCUT2D eigenvalue weighted by molar-refractivity contribution is -0.141. The number of allylic oxidation sites excluding steroid dienone is 6. The van der Waals surface area contributed by atoms with Gasteiger partial charge in [0.15, 0.2) is 28.9 Å². The molecule has 0 spiro atoms. The number of fused-ring (bicyclic) bond motifs is 3. The van der Waals surface area contributed by atoms with Gasteiger partial charge in [0.2, 0.25) is 0 Å². The van der Waals surface area contributed by atoms with Gasteiger partial charge in [0.25, 0.3) is 11.8 Å². The van der Waals surface area contributed by atoms with Crippen LogP contribution in [0.1, 0.15) is 36.9 Å². The molecule has 1 saturated heterocycles. The normalized spacial score (nSPS) is 24.4. The number of anilines is 1. The summed E-state index contributed by atoms with van der Waals surface area (Å²) < 4.78 is 46.4. The topological polar surface area (TPSA) is 117 Å². The van der Waals surface area contributed by atoms with Crippen LogP contribution in [-0.4, -0.2) is 52.6 Å². The summed E-state index contributed by atoms with van der Waals surface area (Å²) in [5, 5.41) is 12.1. The lowest BCUT2D eigenvalue weighted by atomic mass is 9.59. The number of ether oxygens (including phenoxy) is 1. The van der Waals surface area contributed by atoms with Gasteiger partial charge in [-0.3, -0.25) is 24.2 Å². The Bertz CT molecular complexity index is 1870. The number of rotatable bonds is 4. The molecule has 2 heterocycles. The molecule has 9 nitrogen and oxygen atoms in total. The Morgan fingerprint density at radius 3 is 2.46 bits per heavy atom. The Labute approximate surface area is 281 Å². The SMILES string of the molecule is COc1cc([C@H]2C3=CC[C@@H]4C(=O)N(N(C)c5nc(C(F)(F)F)ccc5Cl)C(=O)[C@@H]4[C@@H]3CC3=C2C(=O)C(C)=CC3=O)c(Br)c(Br)c1O. The summed E-state index contributed by atoms with van der Waals surface area (Å²) in [6, 6.07) is 3.23. The first-order valence-corrected chi connectivity index (χ1v) is 15.8. The van der Waals surface area contributed by atoms with E-state index in [9.17, 15) is 37.5 Å². The Kier molecular flexibility index (Phi) is 8.00. The number of carbonyl (C=O) groups excluding carboxylic acids is 4. The highest BCUT2D eigenvalue weighted by Gasteiger charge is 2.58. The fourth-order valence-corrected chi connectivity index (χ4v) is 8.07. The van der Waals surface area contributed by atoms with Gasteiger partial charge in [-0.1, -0.05) is 23.3 Å². The average Bonchev–Trinajstić information content (AvgIpc) is 3.26. The number of phenolic OH excluding ortho intramolecular Hbond substituents is 1. The predicted molar refractivity (Wildman–Crippen MR) is 166 cm³/mol. The van der Waals surface area contributed by atoms with E-state index in [1.165, 1.54) is 20.2 Å². The fourth-order valence-electron chi connectivity index (χ4n) is 6.88. The maximum atomic E-state index is 14.2. The Balaban J connectivity index is 1.47. The number of hydrazine groups is 1. The van der Waals surface area contributed by atoms with Crippen LogP contribution >= 0.6 is 43.5 Å². The number of halogens is 6. The summed E-state index contributed by atoms with van der Waals surface area (Å²) >= 11 is 13.1. The van der Waals surface area contributed by atoms with Gasteiger partial charge in [-0.2, -0.15) is 18.2 Å². The number of ketones is 2. The fraction of sp³-hybridized carbons (Fsp3) is 0.323. The summed E-state index contributed by atoms with van der Waals surface area (Å²) in [6.45, 7) is 1.54. The zero-order valence-electron chi connectivity index (χ0n) is 24.2. The highest BCUT2D eigenvalue weighted by Crippen LogP contribution is 2.57. The summed E-state index contributed by atoms with van der Waals surface area (Å²) in [7, 11) is 2.59. The smallest absolute Gasteiger partial charge is 0.433 e. The van der Waals surface area contributed by atoms with Crippen LogP contribution in [0, 0.1) is 17.8 Å². The molecular formula is C31H23Br2ClF3N3O6. The van der Waals surface area contributed by atoms with Gasteiger partial charge in [0, 0.05) is 34.2 Å². The van der Waals surface area contributed by atoms with Crippen LogP contribution in [0.25, 0.3) is 0 Å². The first-order chi connectivity index (χ1) is 21.6. The first-order valence-electron chi connectivity index (χ1n) is 13.9. The average molecular weight is 786 g/mol. The first kappa shape index (κ1) is 32.5. The number of benzene rings is 1. The van der Waals surface area contributed by atoms with E-state index in [0.717, 1.165) is 16.1 Å². The number of nitrogens with zero attached hydrogens (tertiary/aromatic N) is 3. The van der Waals surface area contributed by atoms with E-state index in [1.54, 1.807) is 19.1 Å². The highest BCUT2D eigenvalue weighted by molar-refractivity contribution is 9.13. The lowest BCUT2D eigenvalue weighted by Crippen LogP contribution is -2.46. The maximum absolute atomic E-state index is 14.2. The third kappa shape index (κ3) is 4.82. The van der Waals surface area contributed by atoms with E-state index in [-0.39, 0.29) is 56.3 Å². The molecule has 2 aromatic rings. The number of alkyl halides is 3. The van der Waals surface area contributed by atoms with E-state index in [4.69, 9.17) is 16.3 Å². The van der Waals surface area contributed by atoms with Crippen LogP contribution in [0.3, 0.4) is 0 Å². The van der Waals surface area contributed by atoms with Crippen molar-refractivity contribution in [1.82, 2.24) is 9.99 Å². The van der Waals surface area contributed by atoms with Crippen LogP contribution in [0.5, 0.6) is 11.5 Å². The van der Waals surface area contributed by atoms with Gasteiger partial charge in [0.05, 0.1) is 28.4 Å². The molecule has 0 radical (unpaired) electrons. The summed E-state index contributed by atoms with van der Waals surface area (Å²) in [4.78, 5) is 58.7. The van der Waals surface area contributed by atoms with Crippen LogP contribution < -0.4 is 9.75 Å². The second-order valence-corrected chi connectivity index (χ2v) is 13.4. The number of imide groups is 1. The van der Waals surface area contributed by atoms with Gasteiger partial charge in [-0.25, -0.2) is 4.98 Å². The molecule has 1 aromatic carbocycles. The Morgan fingerprint density at radius 2 is 1.80 bits per heavy atom. The number of aromatic hydroxyl groups is 1. The van der Waals surface area contributed by atoms with Crippen molar-refractivity contribution < 1.29 is 42.2 Å². The van der Waals surface area contributed by atoms with Crippen molar-refractivity contribution in [2.75, 3.05) is 19.2 Å². The van der Waals surface area contributed by atoms with E-state index in [0.29, 0.717) is 21.7 Å². The van der Waals surface area contributed by atoms with Crippen molar-refractivity contribution >= 4 is 72.7 Å². The van der Waals surface area contributed by atoms with Crippen LogP contribution in [-0.2, 0) is 25.4 Å². The number of Topliss-reactive ketones (excluding diaryl/α,β-unsaturated/α-hetero) is 1. The summed E-state index contributed by atoms with van der Waals surface area (Å²) in [5.41, 5.74) is 0.527. The lowest BCUT2D eigenvalue weighted by Gasteiger charge is -2.42. The summed E-state index contributed by atoms with van der Waals surface area (Å²) in [5.74, 6) is -6.13. The predicted octanol–water partition coefficient (Wildman–Crippen LogP) is 6.47. The standard InChI is InChI=1S/C31H23Br2ClF3N3O6/c1-11-8-18(41)15-9-14-12(21(23(15)26(11)42)16-10-19(46-3)27(43)25(33)24(16)32)4-5-13-22(14)30(45)40(29(13)44)39(2)28-17(34)6-7-20(38-28)31(35,36)37/h4,6-8,10,13-14,21-22,43H,5,9H2,1-3H3/t13-,14+,21+,22-/m0/s1. The number of phenols is 1. The number of aromatic nitrogens is 1. The van der Waals surface area contributed by atoms with E-state index in [1.807, 2.05) is 0 Å². The molecule has 1 N–H and O–H groups in total. The zero-order valence-corrected chi connectivity index (χ0v) is 28.1. The minimum Gasteiger partial charge on any atom is -0.503 e. The second kappa shape index (κ2) is 11.3. The van der Waals surface area contributed by atoms with Crippen molar-refractivity contribution in [3.05, 3.63) is 77.9 Å². The zero-order chi connectivity index (χ0) is 33.6. The quantitative estimate of drug-likeness (QED) is 0.213. The highest BCUT2D eigenvalue weighted by atomic mass is 79.9. The number of methoxy groups -OCH3 is 1. The second-order valence-electron chi connectivity index (χ2n) is 11.4. The molecular weight excluding hydrogens is 763 g/mol. The van der Waals surface area contributed by atoms with Crippen molar-refractivity contribution in [2.24, 2.45) is 17.8 Å². The molecule has 0 saturated carbocycles. The van der Waals surface area contributed by atoms with Gasteiger partial charge < -0.3 is 9.84 Å². The van der Waals surface area contributed by atoms with Gasteiger partial charge in [-0.05, 0) is 87.4 Å². The molecule has 1 aliphatic heterocycles. The number of carbonyl (C=O) groups is 4. The molecule has 1 aromatic heterocycles. The molecule has 2 amide bonds. The molecule has 0 unspecified atom stereocenters. The van der Waals surface area contributed by atoms with Gasteiger partial charge >= 0.3 is 6.18 Å². The van der Waals surface area contributed by atoms with Crippen LogP contribution in [0.15, 0.2) is 61.6 Å². The molecule has 3 aliphatic carbocycles. The number of pyridine rings is 1. The van der Waals surface area contributed by atoms with E-state index in [2.05, 4.69) is 36.8 Å². The minimum absolute atomic E-state index is 0.0136. The van der Waals surface area contributed by atoms with Gasteiger partial charge in [-0.15, -0.1) is 0 Å². The van der Waals surface area contributed by atoms with Gasteiger partial charge in [0.1, 0.15) is 5.69 Å². The van der Waals surface area contributed by atoms with E-state index < -0.39 is 59.0 Å². The molecule has 4 aliphatic rings. The van der Waals surface area contributed by atoms with Crippen molar-refractivity contribution in [1.29, 1.82) is 0 Å². The molecule has 1 fully saturated rings. The molecule has 0 bridgehead atoms. The molecule has 15 heteroatoms. The largest absolute Gasteiger partial charge is 0.503 e. The van der Waals surface area contributed by atoms with Crippen molar-refractivity contribution in [3.63, 3.8) is 0 Å². The Hall–Kier alpha value is -3.49. The monoisotopic (exact) mass is 783 g/mol. The molecule has 240 valence electrons. The third-order valence-corrected chi connectivity index (χ3v) is 11.4. The number of amides is 2. The maximum Gasteiger partial charge on any atom is 0.433 e. The molecule has 6 rings (SSSR count). The number of hydrogen-bond acceptors (Lipinski definition) is 8. The molecule has 46 heavy (non-hydrogen) atoms. The minimum atomic E-state index is -4.80. The van der Waals surface area contributed by atoms with Crippen LogP contribution in [0.4, 0.5) is 19.0 Å². The van der Waals surface area contributed by atoms with Crippen molar-refractivity contribution in [3.8, 4) is 11.5 Å². The van der Waals surface area contributed by atoms with Crippen LogP contribution in [0.2, 0.25) is 5.02 Å². The van der Waals surface area contributed by atoms with E-state index >= 15 is 0 Å². The third-order valence-electron chi connectivity index (χ3n) is 8.97. The Morgan fingerprint density at radius 1 is 1.11 bits per heavy atom. The van der Waals surface area contributed by atoms with Crippen molar-refractivity contribution in [2.45, 2.75) is 31.9 Å². The molecule has 4 atom stereocenters.